The van der Waals surface area contributed by atoms with E-state index in [2.05, 4.69) is 15.2 Å². The van der Waals surface area contributed by atoms with Crippen LogP contribution in [-0.2, 0) is 0 Å². The maximum Gasteiger partial charge on any atom is 0.298 e. The van der Waals surface area contributed by atoms with Gasteiger partial charge in [-0.1, -0.05) is 0 Å². The molecule has 21 heavy (non-hydrogen) atoms. The Labute approximate surface area is 138 Å². The first-order valence-corrected chi connectivity index (χ1v) is 5.91. The van der Waals surface area contributed by atoms with E-state index in [9.17, 15) is 10.1 Å². The molecule has 0 unspecified atom stereocenters. The molecule has 110 valence electrons. The van der Waals surface area contributed by atoms with Crippen LogP contribution in [0.25, 0.3) is 0 Å². The monoisotopic (exact) mass is 399 g/mol. The molecule has 0 spiro atoms. The van der Waals surface area contributed by atoms with Crippen LogP contribution < -0.4 is 33.9 Å². The minimum atomic E-state index is -0.460. The first-order chi connectivity index (χ1) is 9.58. The maximum absolute atomic E-state index is 11.1. The Morgan fingerprint density at radius 3 is 2.57 bits per heavy atom. The number of pyridine rings is 1. The molecular formula is C13H14IN5O2. The van der Waals surface area contributed by atoms with E-state index in [0.717, 1.165) is 5.69 Å². The van der Waals surface area contributed by atoms with Crippen molar-refractivity contribution in [1.82, 2.24) is 0 Å². The van der Waals surface area contributed by atoms with Crippen molar-refractivity contribution in [3.05, 3.63) is 52.8 Å². The van der Waals surface area contributed by atoms with Gasteiger partial charge < -0.3 is 28.9 Å². The van der Waals surface area contributed by atoms with Crippen molar-refractivity contribution >= 4 is 22.7 Å². The molecule has 0 radical (unpaired) electrons. The van der Waals surface area contributed by atoms with Gasteiger partial charge in [0.25, 0.3) is 5.69 Å². The summed E-state index contributed by atoms with van der Waals surface area (Å²) in [4.78, 5) is 15.3. The normalized spacial score (nSPS) is 10.2. The van der Waals surface area contributed by atoms with Gasteiger partial charge in [-0.2, -0.15) is 0 Å². The lowest BCUT2D eigenvalue weighted by Gasteiger charge is -2.11. The minimum Gasteiger partial charge on any atom is -1.00 e. The number of anilines is 1. The van der Waals surface area contributed by atoms with Gasteiger partial charge in [0.1, 0.15) is 5.69 Å². The molecule has 0 aliphatic carbocycles. The molecule has 1 heterocycles. The van der Waals surface area contributed by atoms with Gasteiger partial charge in [-0.25, -0.2) is 4.98 Å². The van der Waals surface area contributed by atoms with E-state index in [1.807, 2.05) is 14.1 Å². The number of aromatic nitrogens is 1. The molecule has 0 aliphatic rings. The minimum absolute atomic E-state index is 0. The van der Waals surface area contributed by atoms with Gasteiger partial charge in [0.2, 0.25) is 0 Å². The Morgan fingerprint density at radius 1 is 1.24 bits per heavy atom. The molecule has 8 heteroatoms. The Hall–Kier alpha value is -2.10. The Kier molecular flexibility index (Phi) is 6.15. The molecule has 1 aromatic heterocycles. The highest BCUT2D eigenvalue weighted by molar-refractivity contribution is 5.65. The molecule has 7 nitrogen and oxygen atoms in total. The number of hydrogen-bond donors (Lipinski definition) is 0. The van der Waals surface area contributed by atoms with Crippen LogP contribution in [0.1, 0.15) is 0 Å². The summed E-state index contributed by atoms with van der Waals surface area (Å²) >= 11 is 0. The van der Waals surface area contributed by atoms with Crippen molar-refractivity contribution in [3.63, 3.8) is 0 Å². The standard InChI is InChI=1S/C13H13N5O2.HI/c1-17(2)11-5-6-12(13(8-11)18(19)20)16-15-10-4-3-7-14-9-10;/h3-9H,1-2H3;1H. The van der Waals surface area contributed by atoms with Crippen LogP contribution in [0.3, 0.4) is 0 Å². The van der Waals surface area contributed by atoms with Crippen LogP contribution in [0.2, 0.25) is 0 Å². The zero-order valence-corrected chi connectivity index (χ0v) is 13.7. The highest BCUT2D eigenvalue weighted by Gasteiger charge is 2.15. The maximum atomic E-state index is 11.1. The fraction of sp³-hybridized carbons (Fsp3) is 0.154. The number of nitrogens with zero attached hydrogens (tertiary/aromatic N) is 4. The second-order valence-electron chi connectivity index (χ2n) is 4.29. The van der Waals surface area contributed by atoms with Crippen molar-refractivity contribution in [2.45, 2.75) is 0 Å². The van der Waals surface area contributed by atoms with Crippen molar-refractivity contribution in [1.29, 1.82) is 0 Å². The summed E-state index contributed by atoms with van der Waals surface area (Å²) in [7, 11) is 3.64. The van der Waals surface area contributed by atoms with Crippen LogP contribution in [0, 0.1) is 10.1 Å². The molecular weight excluding hydrogens is 385 g/mol. The fourth-order valence-corrected chi connectivity index (χ4v) is 1.58. The lowest BCUT2D eigenvalue weighted by Crippen LogP contribution is -3.00. The molecule has 0 amide bonds. The van der Waals surface area contributed by atoms with E-state index in [1.165, 1.54) is 6.07 Å². The number of nitro benzene ring substituents is 1. The van der Waals surface area contributed by atoms with Crippen molar-refractivity contribution in [3.8, 4) is 0 Å². The van der Waals surface area contributed by atoms with Gasteiger partial charge in [0, 0.05) is 31.9 Å². The third-order valence-electron chi connectivity index (χ3n) is 2.64. The predicted octanol–water partition coefficient (Wildman–Crippen LogP) is -0.106. The van der Waals surface area contributed by atoms with E-state index < -0.39 is 4.92 Å². The summed E-state index contributed by atoms with van der Waals surface area (Å²) in [6, 6.07) is 8.35. The summed E-state index contributed by atoms with van der Waals surface area (Å²) < 4.78 is 0. The number of aromatic amines is 1. The highest BCUT2D eigenvalue weighted by Crippen LogP contribution is 2.32. The molecule has 1 N–H and O–H groups in total. The van der Waals surface area contributed by atoms with E-state index >= 15 is 0 Å². The van der Waals surface area contributed by atoms with Crippen LogP contribution >= 0.6 is 0 Å². The third kappa shape index (κ3) is 4.45. The first kappa shape index (κ1) is 17.0. The number of benzene rings is 1. The van der Waals surface area contributed by atoms with Crippen molar-refractivity contribution in [2.75, 3.05) is 19.0 Å². The van der Waals surface area contributed by atoms with Crippen molar-refractivity contribution < 1.29 is 33.9 Å². The number of rotatable bonds is 4. The highest BCUT2D eigenvalue weighted by atomic mass is 127. The fourth-order valence-electron chi connectivity index (χ4n) is 1.58. The van der Waals surface area contributed by atoms with E-state index in [-0.39, 0.29) is 35.4 Å². The van der Waals surface area contributed by atoms with Gasteiger partial charge in [-0.3, -0.25) is 10.1 Å². The smallest absolute Gasteiger partial charge is 0.298 e. The summed E-state index contributed by atoms with van der Waals surface area (Å²) in [5, 5.41) is 19.0. The Bertz CT molecular complexity index is 646. The number of nitro groups is 1. The average Bonchev–Trinajstić information content (AvgIpc) is 2.45. The molecule has 0 saturated heterocycles. The molecule has 0 atom stereocenters. The molecule has 1 aromatic carbocycles. The van der Waals surface area contributed by atoms with Crippen LogP contribution in [0.5, 0.6) is 0 Å². The number of hydrogen-bond acceptors (Lipinski definition) is 5. The van der Waals surface area contributed by atoms with Gasteiger partial charge in [-0.15, -0.1) is 10.2 Å². The third-order valence-corrected chi connectivity index (χ3v) is 2.64. The second-order valence-corrected chi connectivity index (χ2v) is 4.29. The Morgan fingerprint density at radius 2 is 2.00 bits per heavy atom. The van der Waals surface area contributed by atoms with Gasteiger partial charge in [0.15, 0.2) is 18.1 Å². The Balaban J connectivity index is 0.00000220. The van der Waals surface area contributed by atoms with Crippen LogP contribution in [-0.4, -0.2) is 19.0 Å². The topological polar surface area (TPSA) is 85.2 Å². The van der Waals surface area contributed by atoms with Crippen LogP contribution in [0.4, 0.5) is 22.7 Å². The SMILES string of the molecule is CN(C)c1ccc(N=Nc2ccc[nH+]c2)c([N+](=O)[O-])c1.[I-]. The largest absolute Gasteiger partial charge is 1.00 e. The summed E-state index contributed by atoms with van der Waals surface area (Å²) in [5.41, 5.74) is 1.49. The number of nitrogens with one attached hydrogen (secondary N) is 1. The van der Waals surface area contributed by atoms with E-state index in [4.69, 9.17) is 0 Å². The molecule has 0 saturated carbocycles. The van der Waals surface area contributed by atoms with Gasteiger partial charge in [-0.05, 0) is 18.2 Å². The molecule has 2 rings (SSSR count). The van der Waals surface area contributed by atoms with E-state index in [1.54, 1.807) is 41.6 Å². The lowest BCUT2D eigenvalue weighted by molar-refractivity contribution is -0.384. The second kappa shape index (κ2) is 7.62. The molecule has 0 bridgehead atoms. The average molecular weight is 399 g/mol. The number of H-pyrrole nitrogens is 1. The zero-order valence-electron chi connectivity index (χ0n) is 11.5. The van der Waals surface area contributed by atoms with E-state index in [0.29, 0.717) is 5.69 Å². The quantitative estimate of drug-likeness (QED) is 0.311. The van der Waals surface area contributed by atoms with Crippen LogP contribution in [0.15, 0.2) is 53.0 Å². The summed E-state index contributed by atoms with van der Waals surface area (Å²) in [5.74, 6) is 0. The first-order valence-electron chi connectivity index (χ1n) is 5.91. The molecule has 2 aromatic rings. The number of halogens is 1. The predicted molar refractivity (Wildman–Crippen MR) is 74.6 cm³/mol. The number of azo groups is 1. The molecule has 0 fully saturated rings. The zero-order chi connectivity index (χ0) is 14.5. The molecule has 0 aliphatic heterocycles. The summed E-state index contributed by atoms with van der Waals surface area (Å²) in [6.45, 7) is 0. The van der Waals surface area contributed by atoms with Gasteiger partial charge in [0.05, 0.1) is 4.92 Å². The van der Waals surface area contributed by atoms with Crippen molar-refractivity contribution in [2.24, 2.45) is 10.2 Å². The summed E-state index contributed by atoms with van der Waals surface area (Å²) in [6.07, 6.45) is 3.40. The lowest BCUT2D eigenvalue weighted by atomic mass is 10.2. The van der Waals surface area contributed by atoms with Gasteiger partial charge >= 0.3 is 0 Å².